The average Bonchev–Trinajstić information content (AvgIpc) is 2.73. The van der Waals surface area contributed by atoms with Crippen LogP contribution >= 0.6 is 12.4 Å². The Kier molecular flexibility index (Phi) is 8.54. The van der Waals surface area contributed by atoms with Crippen molar-refractivity contribution in [2.75, 3.05) is 50.0 Å². The van der Waals surface area contributed by atoms with Gasteiger partial charge in [0.05, 0.1) is 30.5 Å². The predicted octanol–water partition coefficient (Wildman–Crippen LogP) is 2.94. The smallest absolute Gasteiger partial charge is 0.387 e. The SMILES string of the molecule is COc1ccc(NS(=O)(=O)c2ccc(OC)c(N3CCNCC3)c2)cc1OC(F)F.Cl. The normalized spacial score (nSPS) is 14.0. The maximum atomic E-state index is 12.9. The zero-order chi connectivity index (χ0) is 21.7. The Labute approximate surface area is 185 Å². The highest BCUT2D eigenvalue weighted by Gasteiger charge is 2.21. The number of nitrogens with zero attached hydrogens (tertiary/aromatic N) is 1. The lowest BCUT2D eigenvalue weighted by Gasteiger charge is -2.30. The first-order valence-corrected chi connectivity index (χ1v) is 10.6. The quantitative estimate of drug-likeness (QED) is 0.601. The van der Waals surface area contributed by atoms with E-state index in [0.717, 1.165) is 19.2 Å². The summed E-state index contributed by atoms with van der Waals surface area (Å²) in [5.41, 5.74) is 0.726. The highest BCUT2D eigenvalue weighted by atomic mass is 35.5. The number of sulfonamides is 1. The average molecular weight is 480 g/mol. The standard InChI is InChI=1S/C19H23F2N3O5S.ClH/c1-27-16-6-4-14(12-15(16)24-9-7-22-8-10-24)30(25,26)23-13-3-5-17(28-2)18(11-13)29-19(20)21;/h3-6,11-12,19,22-23H,7-10H2,1-2H3;1H. The molecule has 12 heteroatoms. The number of rotatable bonds is 8. The van der Waals surface area contributed by atoms with Crippen molar-refractivity contribution in [3.63, 3.8) is 0 Å². The molecule has 2 aromatic rings. The zero-order valence-electron chi connectivity index (χ0n) is 16.9. The lowest BCUT2D eigenvalue weighted by Crippen LogP contribution is -2.43. The Balaban J connectivity index is 0.00000341. The second-order valence-corrected chi connectivity index (χ2v) is 8.10. The lowest BCUT2D eigenvalue weighted by molar-refractivity contribution is -0.0511. The third-order valence-electron chi connectivity index (χ3n) is 4.55. The predicted molar refractivity (Wildman–Crippen MR) is 116 cm³/mol. The fraction of sp³-hybridized carbons (Fsp3) is 0.368. The van der Waals surface area contributed by atoms with Crippen LogP contribution in [0.5, 0.6) is 17.2 Å². The van der Waals surface area contributed by atoms with E-state index in [2.05, 4.69) is 14.8 Å². The van der Waals surface area contributed by atoms with Gasteiger partial charge in [0.15, 0.2) is 11.5 Å². The van der Waals surface area contributed by atoms with E-state index >= 15 is 0 Å². The molecule has 0 aromatic heterocycles. The first-order valence-electron chi connectivity index (χ1n) is 9.13. The van der Waals surface area contributed by atoms with E-state index in [0.29, 0.717) is 24.5 Å². The topological polar surface area (TPSA) is 89.1 Å². The van der Waals surface area contributed by atoms with Gasteiger partial charge in [0, 0.05) is 32.2 Å². The first-order chi connectivity index (χ1) is 14.3. The van der Waals surface area contributed by atoms with E-state index in [1.807, 2.05) is 4.90 Å². The van der Waals surface area contributed by atoms with Crippen LogP contribution in [0.1, 0.15) is 0 Å². The second-order valence-electron chi connectivity index (χ2n) is 6.42. The molecule has 0 saturated carbocycles. The van der Waals surface area contributed by atoms with Gasteiger partial charge >= 0.3 is 6.61 Å². The number of hydrogen-bond donors (Lipinski definition) is 2. The van der Waals surface area contributed by atoms with Gasteiger partial charge in [0.25, 0.3) is 10.0 Å². The molecule has 0 unspecified atom stereocenters. The summed E-state index contributed by atoms with van der Waals surface area (Å²) in [5, 5.41) is 3.24. The second kappa shape index (κ2) is 10.7. The summed E-state index contributed by atoms with van der Waals surface area (Å²) in [6.45, 7) is -0.108. The Bertz CT molecular complexity index is 989. The van der Waals surface area contributed by atoms with Gasteiger partial charge in [-0.15, -0.1) is 12.4 Å². The molecule has 31 heavy (non-hydrogen) atoms. The number of halogens is 3. The van der Waals surface area contributed by atoms with Gasteiger partial charge in [-0.25, -0.2) is 8.42 Å². The van der Waals surface area contributed by atoms with Crippen LogP contribution in [0.3, 0.4) is 0 Å². The molecule has 172 valence electrons. The van der Waals surface area contributed by atoms with Crippen LogP contribution in [0.4, 0.5) is 20.2 Å². The first kappa shape index (κ1) is 24.8. The monoisotopic (exact) mass is 479 g/mol. The molecule has 0 spiro atoms. The number of ether oxygens (including phenoxy) is 3. The summed E-state index contributed by atoms with van der Waals surface area (Å²) in [6.07, 6.45) is 0. The van der Waals surface area contributed by atoms with E-state index < -0.39 is 16.6 Å². The van der Waals surface area contributed by atoms with Crippen molar-refractivity contribution in [2.45, 2.75) is 11.5 Å². The van der Waals surface area contributed by atoms with Crippen LogP contribution in [0.25, 0.3) is 0 Å². The molecule has 1 aliphatic rings. The molecule has 2 N–H and O–H groups in total. The summed E-state index contributed by atoms with van der Waals surface area (Å²) < 4.78 is 68.2. The molecule has 1 heterocycles. The number of methoxy groups -OCH3 is 2. The zero-order valence-corrected chi connectivity index (χ0v) is 18.6. The van der Waals surface area contributed by atoms with Crippen LogP contribution in [0.2, 0.25) is 0 Å². The lowest BCUT2D eigenvalue weighted by atomic mass is 10.2. The van der Waals surface area contributed by atoms with Crippen molar-refractivity contribution in [3.8, 4) is 17.2 Å². The molecule has 0 atom stereocenters. The molecular formula is C19H24ClF2N3O5S. The molecular weight excluding hydrogens is 456 g/mol. The largest absolute Gasteiger partial charge is 0.495 e. The number of nitrogens with one attached hydrogen (secondary N) is 2. The number of hydrogen-bond acceptors (Lipinski definition) is 7. The molecule has 8 nitrogen and oxygen atoms in total. The van der Waals surface area contributed by atoms with Crippen LogP contribution < -0.4 is 29.1 Å². The van der Waals surface area contributed by atoms with Gasteiger partial charge in [-0.1, -0.05) is 0 Å². The van der Waals surface area contributed by atoms with E-state index in [1.54, 1.807) is 6.07 Å². The Hall–Kier alpha value is -2.50. The number of anilines is 2. The minimum Gasteiger partial charge on any atom is -0.495 e. The summed E-state index contributed by atoms with van der Waals surface area (Å²) in [7, 11) is -1.17. The maximum Gasteiger partial charge on any atom is 0.387 e. The van der Waals surface area contributed by atoms with Gasteiger partial charge in [-0.3, -0.25) is 4.72 Å². The van der Waals surface area contributed by atoms with Gasteiger partial charge in [-0.05, 0) is 30.3 Å². The summed E-state index contributed by atoms with van der Waals surface area (Å²) in [4.78, 5) is 2.06. The molecule has 0 bridgehead atoms. The fourth-order valence-electron chi connectivity index (χ4n) is 3.13. The summed E-state index contributed by atoms with van der Waals surface area (Å²) in [6, 6.07) is 8.43. The van der Waals surface area contributed by atoms with Gasteiger partial charge in [0.2, 0.25) is 0 Å². The van der Waals surface area contributed by atoms with Crippen molar-refractivity contribution in [1.82, 2.24) is 5.32 Å². The number of benzene rings is 2. The Morgan fingerprint density at radius 1 is 1.00 bits per heavy atom. The number of alkyl halides is 2. The van der Waals surface area contributed by atoms with E-state index in [4.69, 9.17) is 9.47 Å². The summed E-state index contributed by atoms with van der Waals surface area (Å²) >= 11 is 0. The van der Waals surface area contributed by atoms with Gasteiger partial charge in [-0.2, -0.15) is 8.78 Å². The Morgan fingerprint density at radius 3 is 2.26 bits per heavy atom. The van der Waals surface area contributed by atoms with Crippen LogP contribution in [0.15, 0.2) is 41.3 Å². The molecule has 2 aromatic carbocycles. The van der Waals surface area contributed by atoms with Gasteiger partial charge < -0.3 is 24.4 Å². The van der Waals surface area contributed by atoms with Crippen molar-refractivity contribution < 1.29 is 31.4 Å². The third-order valence-corrected chi connectivity index (χ3v) is 5.93. The molecule has 3 rings (SSSR count). The van der Waals surface area contributed by atoms with Crippen LogP contribution in [-0.2, 0) is 10.0 Å². The fourth-order valence-corrected chi connectivity index (χ4v) is 4.20. The molecule has 1 fully saturated rings. The molecule has 1 saturated heterocycles. The van der Waals surface area contributed by atoms with E-state index in [9.17, 15) is 17.2 Å². The molecule has 1 aliphatic heterocycles. The summed E-state index contributed by atoms with van der Waals surface area (Å²) in [5.74, 6) is 0.348. The van der Waals surface area contributed by atoms with Crippen LogP contribution in [0, 0.1) is 0 Å². The minimum atomic E-state index is -4.00. The number of piperazine rings is 1. The minimum absolute atomic E-state index is 0. The maximum absolute atomic E-state index is 12.9. The molecule has 0 amide bonds. The van der Waals surface area contributed by atoms with E-state index in [-0.39, 0.29) is 34.5 Å². The van der Waals surface area contributed by atoms with Crippen molar-refractivity contribution in [3.05, 3.63) is 36.4 Å². The van der Waals surface area contributed by atoms with Crippen LogP contribution in [-0.4, -0.2) is 55.4 Å². The van der Waals surface area contributed by atoms with Crippen molar-refractivity contribution in [1.29, 1.82) is 0 Å². The van der Waals surface area contributed by atoms with Crippen molar-refractivity contribution in [2.24, 2.45) is 0 Å². The molecule has 0 radical (unpaired) electrons. The van der Waals surface area contributed by atoms with Crippen molar-refractivity contribution >= 4 is 33.8 Å². The molecule has 0 aliphatic carbocycles. The highest BCUT2D eigenvalue weighted by molar-refractivity contribution is 7.92. The van der Waals surface area contributed by atoms with Gasteiger partial charge in [0.1, 0.15) is 5.75 Å². The van der Waals surface area contributed by atoms with E-state index in [1.165, 1.54) is 38.5 Å². The highest BCUT2D eigenvalue weighted by Crippen LogP contribution is 2.34. The third kappa shape index (κ3) is 6.02. The Morgan fingerprint density at radius 2 is 1.65 bits per heavy atom.